The third-order valence-electron chi connectivity index (χ3n) is 3.60. The molecule has 4 N–H and O–H groups in total. The number of nitrogens with zero attached hydrogens (tertiary/aromatic N) is 4. The molecule has 15 nitrogen and oxygen atoms in total. The van der Waals surface area contributed by atoms with Crippen LogP contribution in [0.2, 0.25) is 0 Å². The number of ether oxygens (including phenoxy) is 1. The summed E-state index contributed by atoms with van der Waals surface area (Å²) < 4.78 is 35.7. The van der Waals surface area contributed by atoms with Gasteiger partial charge in [0.15, 0.2) is 17.7 Å². The van der Waals surface area contributed by atoms with E-state index in [1.54, 1.807) is 0 Å². The normalized spacial score (nSPS) is 25.6. The first kappa shape index (κ1) is 31.5. The summed E-state index contributed by atoms with van der Waals surface area (Å²) in [4.78, 5) is 43.7. The molecule has 3 heterocycles. The molecule has 0 spiro atoms. The van der Waals surface area contributed by atoms with Crippen molar-refractivity contribution < 1.29 is 47.6 Å². The Morgan fingerprint density at radius 1 is 1.13 bits per heavy atom. The molecular weight excluding hydrogens is 481 g/mol. The van der Waals surface area contributed by atoms with E-state index in [9.17, 15) is 34.0 Å². The topological polar surface area (TPSA) is 241 Å². The van der Waals surface area contributed by atoms with Crippen LogP contribution in [0.25, 0.3) is 11.2 Å². The molecule has 5 atom stereocenters. The van der Waals surface area contributed by atoms with Crippen LogP contribution in [0, 0.1) is 0 Å². The monoisotopic (exact) mass is 493 g/mol. The van der Waals surface area contributed by atoms with Crippen LogP contribution < -0.4 is 20.4 Å². The van der Waals surface area contributed by atoms with Crippen LogP contribution in [0.4, 0.5) is 5.82 Å². The molecule has 3 rings (SSSR count). The first-order chi connectivity index (χ1) is 12.5. The number of anilines is 1. The van der Waals surface area contributed by atoms with Gasteiger partial charge in [-0.3, -0.25) is 13.4 Å². The van der Waals surface area contributed by atoms with Crippen LogP contribution in [0.5, 0.6) is 0 Å². The minimum absolute atomic E-state index is 0. The Balaban J connectivity index is 0.00000280. The molecule has 2 aromatic heterocycles. The summed E-state index contributed by atoms with van der Waals surface area (Å²) in [5, 5.41) is 20.2. The molecule has 1 aliphatic rings. The maximum Gasteiger partial charge on any atom is 0.271 e. The molecule has 2 aromatic rings. The zero-order valence-corrected chi connectivity index (χ0v) is 23.9. The maximum absolute atomic E-state index is 11.3. The number of nitrogen functional groups attached to an aromatic ring is 1. The summed E-state index contributed by atoms with van der Waals surface area (Å²) in [6.45, 7) is -0.931. The van der Waals surface area contributed by atoms with Gasteiger partial charge in [0, 0.05) is 88.7 Å². The molecule has 1 aliphatic heterocycles. The molecule has 1 saturated heterocycles. The Hall–Kier alpha value is 1.49. The summed E-state index contributed by atoms with van der Waals surface area (Å²) in [6, 6.07) is 0. The van der Waals surface area contributed by atoms with Crippen LogP contribution >= 0.6 is 15.6 Å². The van der Waals surface area contributed by atoms with E-state index in [1.165, 1.54) is 10.9 Å². The van der Waals surface area contributed by atoms with E-state index in [4.69, 9.17) is 10.5 Å². The van der Waals surface area contributed by atoms with Gasteiger partial charge in [-0.05, 0) is 0 Å². The number of rotatable bonds is 6. The number of phosphoric ester groups is 1. The van der Waals surface area contributed by atoms with Crippen molar-refractivity contribution in [2.45, 2.75) is 24.5 Å². The predicted molar refractivity (Wildman–Crippen MR) is 95.2 cm³/mol. The van der Waals surface area contributed by atoms with Gasteiger partial charge < -0.3 is 44.5 Å². The summed E-state index contributed by atoms with van der Waals surface area (Å²) in [7, 11) is -11.4. The standard InChI is InChI=1S/C10H15N5O10P2.3Na/c11-8-5-9(13-2-12-8)15(3-14-5)10-7(17)6(16)4(24-10)1-23-27(21,22)25-26(18,19)20;;;/h2-4,6-7,10,16-17H,1H2,(H,21,22)(H2,11,12,13)(H2,18,19,20);;;/p-3/t4-,6-,7-,10-;;;/m1.../s1. The quantitative estimate of drug-likeness (QED) is 0.253. The number of hydrogen-bond acceptors (Lipinski definition) is 14. The molecule has 0 aliphatic carbocycles. The van der Waals surface area contributed by atoms with Gasteiger partial charge >= 0.3 is 0 Å². The van der Waals surface area contributed by atoms with Gasteiger partial charge in [-0.1, -0.05) is 0 Å². The second kappa shape index (κ2) is 12.3. The fourth-order valence-electron chi connectivity index (χ4n) is 2.46. The number of hydrogen-bond donors (Lipinski definition) is 3. The number of aromatic nitrogens is 4. The van der Waals surface area contributed by atoms with E-state index in [0.29, 0.717) is 0 Å². The van der Waals surface area contributed by atoms with Gasteiger partial charge in [-0.2, -0.15) is 0 Å². The van der Waals surface area contributed by atoms with Crippen molar-refractivity contribution in [2.75, 3.05) is 12.3 Å². The summed E-state index contributed by atoms with van der Waals surface area (Å²) in [5.74, 6) is 0.0655. The van der Waals surface area contributed by atoms with Gasteiger partial charge in [-0.25, -0.2) is 15.0 Å². The Kier molecular flexibility index (Phi) is 12.9. The van der Waals surface area contributed by atoms with E-state index < -0.39 is 46.8 Å². The maximum atomic E-state index is 11.3. The zero-order valence-electron chi connectivity index (χ0n) is 16.1. The number of phosphoric acid groups is 2. The van der Waals surface area contributed by atoms with Crippen molar-refractivity contribution >= 4 is 121 Å². The molecule has 30 heavy (non-hydrogen) atoms. The van der Waals surface area contributed by atoms with Gasteiger partial charge in [0.25, 0.3) is 7.82 Å². The van der Waals surface area contributed by atoms with Crippen LogP contribution in [0.1, 0.15) is 6.23 Å². The second-order valence-corrected chi connectivity index (χ2v) is 8.10. The van der Waals surface area contributed by atoms with E-state index in [0.717, 1.165) is 6.33 Å². The van der Waals surface area contributed by atoms with Gasteiger partial charge in [0.05, 0.1) is 20.8 Å². The third kappa shape index (κ3) is 7.50. The minimum atomic E-state index is -5.85. The number of aliphatic hydroxyl groups is 2. The van der Waals surface area contributed by atoms with Crippen LogP contribution in [-0.4, -0.2) is 143 Å². The second-order valence-electron chi connectivity index (χ2n) is 5.40. The molecule has 0 bridgehead atoms. The fourth-order valence-corrected chi connectivity index (χ4v) is 3.96. The molecule has 0 amide bonds. The number of aliphatic hydroxyl groups excluding tert-OH is 2. The van der Waals surface area contributed by atoms with Crippen LogP contribution in [-0.2, 0) is 22.7 Å². The van der Waals surface area contributed by atoms with Crippen molar-refractivity contribution in [3.63, 3.8) is 0 Å². The van der Waals surface area contributed by atoms with Crippen LogP contribution in [0.3, 0.4) is 0 Å². The molecule has 153 valence electrons. The predicted octanol–water partition coefficient (Wildman–Crippen LogP) is -4.78. The fraction of sp³-hybridized carbons (Fsp3) is 0.500. The molecular formula is C10H12N5Na3O10P2-3. The Bertz CT molecular complexity index is 946. The van der Waals surface area contributed by atoms with Crippen molar-refractivity contribution in [1.82, 2.24) is 19.5 Å². The Labute approximate surface area is 235 Å². The molecule has 3 radical (unpaired) electrons. The van der Waals surface area contributed by atoms with E-state index in [2.05, 4.69) is 23.8 Å². The van der Waals surface area contributed by atoms with Gasteiger partial charge in [0.2, 0.25) is 0 Å². The first-order valence-electron chi connectivity index (χ1n) is 7.12. The molecule has 0 saturated carbocycles. The first-order valence-corrected chi connectivity index (χ1v) is 10.0. The van der Waals surface area contributed by atoms with Gasteiger partial charge in [-0.15, -0.1) is 0 Å². The summed E-state index contributed by atoms with van der Waals surface area (Å²) in [5.41, 5.74) is 6.04. The molecule has 1 fully saturated rings. The Morgan fingerprint density at radius 2 is 1.77 bits per heavy atom. The minimum Gasteiger partial charge on any atom is -0.790 e. The van der Waals surface area contributed by atoms with E-state index >= 15 is 0 Å². The Morgan fingerprint density at radius 3 is 2.37 bits per heavy atom. The number of imidazole rings is 1. The van der Waals surface area contributed by atoms with Gasteiger partial charge in [0.1, 0.15) is 30.2 Å². The van der Waals surface area contributed by atoms with Crippen molar-refractivity contribution in [2.24, 2.45) is 0 Å². The van der Waals surface area contributed by atoms with Crippen molar-refractivity contribution in [3.8, 4) is 0 Å². The third-order valence-corrected chi connectivity index (χ3v) is 5.66. The van der Waals surface area contributed by atoms with Crippen LogP contribution in [0.15, 0.2) is 12.7 Å². The van der Waals surface area contributed by atoms with Crippen molar-refractivity contribution in [3.05, 3.63) is 12.7 Å². The molecule has 20 heteroatoms. The number of nitrogens with two attached hydrogens (primary N) is 1. The zero-order chi connectivity index (χ0) is 20.0. The summed E-state index contributed by atoms with van der Waals surface area (Å²) >= 11 is 0. The summed E-state index contributed by atoms with van der Waals surface area (Å²) in [6.07, 6.45) is -3.48. The largest absolute Gasteiger partial charge is 0.790 e. The average molecular weight is 493 g/mol. The molecule has 1 unspecified atom stereocenters. The van der Waals surface area contributed by atoms with Crippen molar-refractivity contribution in [1.29, 1.82) is 0 Å². The number of fused-ring (bicyclic) bond motifs is 1. The SMILES string of the molecule is Nc1ncnc2c1ncn2[C@@H]1O[C@H](COP(=O)([O-])OP(=O)([O-])[O-])[C@@H](O)[C@H]1O.[Na].[Na].[Na]. The average Bonchev–Trinajstić information content (AvgIpc) is 3.07. The molecule has 0 aromatic carbocycles. The van der Waals surface area contributed by atoms with E-state index in [-0.39, 0.29) is 106 Å². The smallest absolute Gasteiger partial charge is 0.271 e. The van der Waals surface area contributed by atoms with E-state index in [1.807, 2.05) is 0 Å².